The minimum atomic E-state index is -0.913. The highest BCUT2D eigenvalue weighted by molar-refractivity contribution is 7.20. The van der Waals surface area contributed by atoms with Gasteiger partial charge in [-0.25, -0.2) is 4.79 Å². The number of amides is 1. The molecule has 134 valence electrons. The number of hydrogen-bond donors (Lipinski definition) is 1. The van der Waals surface area contributed by atoms with Crippen molar-refractivity contribution < 1.29 is 19.1 Å². The Morgan fingerprint density at radius 1 is 1.12 bits per heavy atom. The second-order valence-corrected chi connectivity index (χ2v) is 7.42. The third-order valence-electron chi connectivity index (χ3n) is 4.59. The number of carboxylic acids is 1. The average molecular weight is 370 g/mol. The number of piperazine rings is 1. The molecule has 0 bridgehead atoms. The van der Waals surface area contributed by atoms with Gasteiger partial charge >= 0.3 is 5.97 Å². The first-order valence-corrected chi connectivity index (χ1v) is 9.23. The van der Waals surface area contributed by atoms with Crippen LogP contribution >= 0.6 is 11.3 Å². The largest absolute Gasteiger partial charge is 0.478 e. The van der Waals surface area contributed by atoms with Crippen LogP contribution in [0, 0.1) is 0 Å². The lowest BCUT2D eigenvalue weighted by molar-refractivity contribution is 0.0630. The van der Waals surface area contributed by atoms with E-state index in [1.807, 2.05) is 23.1 Å². The Kier molecular flexibility index (Phi) is 4.48. The zero-order valence-corrected chi connectivity index (χ0v) is 14.9. The van der Waals surface area contributed by atoms with Crippen molar-refractivity contribution in [3.8, 4) is 0 Å². The van der Waals surface area contributed by atoms with E-state index in [9.17, 15) is 9.59 Å². The molecule has 1 amide bonds. The first-order chi connectivity index (χ1) is 12.6. The van der Waals surface area contributed by atoms with E-state index in [1.165, 1.54) is 11.3 Å². The third kappa shape index (κ3) is 3.36. The zero-order chi connectivity index (χ0) is 18.1. The normalized spacial score (nSPS) is 15.5. The van der Waals surface area contributed by atoms with Crippen molar-refractivity contribution in [2.45, 2.75) is 6.54 Å². The Labute approximate surface area is 154 Å². The number of carbonyl (C=O) groups is 2. The standard InChI is InChI=1S/C19H18N2O4S/c22-18(17-11-15-16(26-17)4-9-25-15)21-7-5-20(6-8-21)12-13-2-1-3-14(10-13)19(23)24/h1-4,9-11H,5-8,12H2,(H,23,24). The SMILES string of the molecule is O=C(O)c1cccc(CN2CCN(C(=O)c3cc4occc4s3)CC2)c1. The Bertz CT molecular complexity index is 925. The fraction of sp³-hybridized carbons (Fsp3) is 0.263. The maximum Gasteiger partial charge on any atom is 0.335 e. The minimum absolute atomic E-state index is 0.0499. The molecule has 1 aliphatic rings. The number of benzene rings is 1. The molecule has 1 saturated heterocycles. The average Bonchev–Trinajstić information content (AvgIpc) is 3.24. The quantitative estimate of drug-likeness (QED) is 0.764. The molecule has 1 N–H and O–H groups in total. The highest BCUT2D eigenvalue weighted by Gasteiger charge is 2.24. The molecule has 0 aliphatic carbocycles. The Morgan fingerprint density at radius 3 is 2.65 bits per heavy atom. The molecule has 6 nitrogen and oxygen atoms in total. The summed E-state index contributed by atoms with van der Waals surface area (Å²) in [5.74, 6) is -0.863. The summed E-state index contributed by atoms with van der Waals surface area (Å²) in [6.45, 7) is 3.55. The first-order valence-electron chi connectivity index (χ1n) is 8.41. The Morgan fingerprint density at radius 2 is 1.92 bits per heavy atom. The molecule has 7 heteroatoms. The molecule has 1 aliphatic heterocycles. The molecular weight excluding hydrogens is 352 g/mol. The maximum absolute atomic E-state index is 12.7. The highest BCUT2D eigenvalue weighted by Crippen LogP contribution is 2.27. The van der Waals surface area contributed by atoms with Gasteiger partial charge in [0.2, 0.25) is 0 Å². The second-order valence-electron chi connectivity index (χ2n) is 6.33. The molecule has 1 aromatic carbocycles. The van der Waals surface area contributed by atoms with E-state index < -0.39 is 5.97 Å². The van der Waals surface area contributed by atoms with Gasteiger partial charge in [-0.3, -0.25) is 9.69 Å². The van der Waals surface area contributed by atoms with Crippen LogP contribution in [0.2, 0.25) is 0 Å². The number of hydrogen-bond acceptors (Lipinski definition) is 5. The van der Waals surface area contributed by atoms with Gasteiger partial charge in [-0.1, -0.05) is 12.1 Å². The predicted molar refractivity (Wildman–Crippen MR) is 98.7 cm³/mol. The lowest BCUT2D eigenvalue weighted by Crippen LogP contribution is -2.48. The summed E-state index contributed by atoms with van der Waals surface area (Å²) >= 11 is 1.46. The number of fused-ring (bicyclic) bond motifs is 1. The van der Waals surface area contributed by atoms with Crippen LogP contribution in [0.25, 0.3) is 10.3 Å². The molecular formula is C19H18N2O4S. The summed E-state index contributed by atoms with van der Waals surface area (Å²) in [7, 11) is 0. The third-order valence-corrected chi connectivity index (χ3v) is 5.66. The number of thiophene rings is 1. The van der Waals surface area contributed by atoms with Crippen LogP contribution in [-0.4, -0.2) is 53.0 Å². The summed E-state index contributed by atoms with van der Waals surface area (Å²) in [6.07, 6.45) is 1.63. The van der Waals surface area contributed by atoms with E-state index in [1.54, 1.807) is 24.5 Å². The van der Waals surface area contributed by atoms with Gasteiger partial charge in [0.1, 0.15) is 5.58 Å². The maximum atomic E-state index is 12.7. The zero-order valence-electron chi connectivity index (χ0n) is 14.1. The van der Waals surface area contributed by atoms with Gasteiger partial charge < -0.3 is 14.4 Å². The minimum Gasteiger partial charge on any atom is -0.478 e. The molecule has 2 aromatic heterocycles. The summed E-state index contributed by atoms with van der Waals surface area (Å²) in [6, 6.07) is 10.7. The van der Waals surface area contributed by atoms with E-state index in [2.05, 4.69) is 4.90 Å². The van der Waals surface area contributed by atoms with Crippen molar-refractivity contribution in [1.29, 1.82) is 0 Å². The number of furan rings is 1. The number of aromatic carboxylic acids is 1. The number of rotatable bonds is 4. The number of carbonyl (C=O) groups excluding carboxylic acids is 1. The summed E-state index contributed by atoms with van der Waals surface area (Å²) in [5.41, 5.74) is 2.04. The fourth-order valence-corrected chi connectivity index (χ4v) is 4.15. The summed E-state index contributed by atoms with van der Waals surface area (Å²) in [5, 5.41) is 9.09. The van der Waals surface area contributed by atoms with Crippen LogP contribution in [0.15, 0.2) is 47.1 Å². The van der Waals surface area contributed by atoms with Gasteiger partial charge in [0.05, 0.1) is 21.4 Å². The van der Waals surface area contributed by atoms with Crippen molar-refractivity contribution in [2.24, 2.45) is 0 Å². The Hall–Kier alpha value is -2.64. The van der Waals surface area contributed by atoms with Gasteiger partial charge in [0.15, 0.2) is 0 Å². The molecule has 3 heterocycles. The molecule has 0 saturated carbocycles. The van der Waals surface area contributed by atoms with Crippen molar-refractivity contribution >= 4 is 33.5 Å². The Balaban J connectivity index is 1.36. The van der Waals surface area contributed by atoms with Crippen molar-refractivity contribution in [3.05, 3.63) is 58.7 Å². The van der Waals surface area contributed by atoms with Gasteiger partial charge in [-0.2, -0.15) is 0 Å². The lowest BCUT2D eigenvalue weighted by Gasteiger charge is -2.34. The van der Waals surface area contributed by atoms with Crippen LogP contribution in [0.4, 0.5) is 0 Å². The van der Waals surface area contributed by atoms with E-state index in [0.717, 1.165) is 28.9 Å². The van der Waals surface area contributed by atoms with E-state index in [4.69, 9.17) is 9.52 Å². The summed E-state index contributed by atoms with van der Waals surface area (Å²) < 4.78 is 6.33. The molecule has 4 rings (SSSR count). The predicted octanol–water partition coefficient (Wildman–Crippen LogP) is 3.15. The molecule has 0 unspecified atom stereocenters. The molecule has 3 aromatic rings. The van der Waals surface area contributed by atoms with Crippen molar-refractivity contribution in [1.82, 2.24) is 9.80 Å². The fourth-order valence-electron chi connectivity index (χ4n) is 3.20. The molecule has 0 radical (unpaired) electrons. The monoisotopic (exact) mass is 370 g/mol. The van der Waals surface area contributed by atoms with E-state index in [0.29, 0.717) is 30.1 Å². The second kappa shape index (κ2) is 6.93. The molecule has 0 spiro atoms. The van der Waals surface area contributed by atoms with Crippen LogP contribution in [0.1, 0.15) is 25.6 Å². The smallest absolute Gasteiger partial charge is 0.335 e. The topological polar surface area (TPSA) is 74.0 Å². The first kappa shape index (κ1) is 16.8. The van der Waals surface area contributed by atoms with Crippen molar-refractivity contribution in [2.75, 3.05) is 26.2 Å². The van der Waals surface area contributed by atoms with E-state index >= 15 is 0 Å². The number of nitrogens with zero attached hydrogens (tertiary/aromatic N) is 2. The van der Waals surface area contributed by atoms with Crippen LogP contribution in [-0.2, 0) is 6.54 Å². The number of carboxylic acid groups (broad SMARTS) is 1. The molecule has 1 fully saturated rings. The van der Waals surface area contributed by atoms with E-state index in [-0.39, 0.29) is 5.91 Å². The van der Waals surface area contributed by atoms with Crippen LogP contribution in [0.5, 0.6) is 0 Å². The van der Waals surface area contributed by atoms with Crippen LogP contribution < -0.4 is 0 Å². The van der Waals surface area contributed by atoms with Gasteiger partial charge in [-0.05, 0) is 23.8 Å². The molecule has 0 atom stereocenters. The van der Waals surface area contributed by atoms with Crippen molar-refractivity contribution in [3.63, 3.8) is 0 Å². The highest BCUT2D eigenvalue weighted by atomic mass is 32.1. The molecule has 26 heavy (non-hydrogen) atoms. The summed E-state index contributed by atoms with van der Waals surface area (Å²) in [4.78, 5) is 28.6. The van der Waals surface area contributed by atoms with Gasteiger partial charge in [-0.15, -0.1) is 11.3 Å². The van der Waals surface area contributed by atoms with Crippen LogP contribution in [0.3, 0.4) is 0 Å². The van der Waals surface area contributed by atoms with Gasteiger partial charge in [0, 0.05) is 38.8 Å². The van der Waals surface area contributed by atoms with Gasteiger partial charge in [0.25, 0.3) is 5.91 Å². The lowest BCUT2D eigenvalue weighted by atomic mass is 10.1.